The lowest BCUT2D eigenvalue weighted by Crippen LogP contribution is -2.16. The van der Waals surface area contributed by atoms with Gasteiger partial charge < -0.3 is 5.32 Å². The molecule has 29 heavy (non-hydrogen) atoms. The molecule has 0 saturated heterocycles. The zero-order valence-electron chi connectivity index (χ0n) is 15.0. The normalized spacial score (nSPS) is 11.2. The maximum atomic E-state index is 13.3. The van der Waals surface area contributed by atoms with E-state index in [-0.39, 0.29) is 26.2 Å². The van der Waals surface area contributed by atoms with Crippen LogP contribution in [0.15, 0.2) is 65.6 Å². The third-order valence-corrected chi connectivity index (χ3v) is 6.08. The summed E-state index contributed by atoms with van der Waals surface area (Å²) in [5, 5.41) is 2.35. The number of carbonyl (C=O) groups excluding carboxylic acids is 1. The van der Waals surface area contributed by atoms with Crippen molar-refractivity contribution >= 4 is 50.5 Å². The van der Waals surface area contributed by atoms with E-state index >= 15 is 0 Å². The third-order valence-electron chi connectivity index (χ3n) is 3.93. The fourth-order valence-electron chi connectivity index (χ4n) is 2.55. The molecule has 5 nitrogen and oxygen atoms in total. The maximum absolute atomic E-state index is 13.3. The van der Waals surface area contributed by atoms with E-state index in [2.05, 4.69) is 10.0 Å². The number of hydrogen-bond acceptors (Lipinski definition) is 3. The van der Waals surface area contributed by atoms with Gasteiger partial charge in [-0.3, -0.25) is 9.52 Å². The third kappa shape index (κ3) is 5.06. The molecule has 0 aliphatic rings. The zero-order chi connectivity index (χ0) is 21.2. The maximum Gasteiger partial charge on any atom is 0.263 e. The number of halogens is 3. The molecule has 0 fully saturated rings. The second-order valence-corrected chi connectivity index (χ2v) is 8.67. The van der Waals surface area contributed by atoms with E-state index in [1.807, 2.05) is 13.0 Å². The van der Waals surface area contributed by atoms with Crippen molar-refractivity contribution in [2.24, 2.45) is 0 Å². The highest BCUT2D eigenvalue weighted by molar-refractivity contribution is 7.92. The minimum Gasteiger partial charge on any atom is -0.322 e. The second kappa shape index (κ2) is 8.41. The van der Waals surface area contributed by atoms with E-state index < -0.39 is 21.7 Å². The molecular weight excluding hydrogens is 438 g/mol. The van der Waals surface area contributed by atoms with Crippen molar-refractivity contribution in [3.63, 3.8) is 0 Å². The molecule has 150 valence electrons. The minimum atomic E-state index is -4.03. The van der Waals surface area contributed by atoms with Crippen molar-refractivity contribution in [1.82, 2.24) is 0 Å². The molecule has 0 atom stereocenters. The predicted molar refractivity (Wildman–Crippen MR) is 113 cm³/mol. The molecule has 0 unspecified atom stereocenters. The Morgan fingerprint density at radius 1 is 0.931 bits per heavy atom. The summed E-state index contributed by atoms with van der Waals surface area (Å²) in [6.07, 6.45) is 0. The first-order chi connectivity index (χ1) is 13.7. The van der Waals surface area contributed by atoms with E-state index in [4.69, 9.17) is 23.2 Å². The Bertz CT molecular complexity index is 1200. The molecule has 0 heterocycles. The van der Waals surface area contributed by atoms with Crippen molar-refractivity contribution in [3.05, 3.63) is 87.7 Å². The highest BCUT2D eigenvalue weighted by atomic mass is 35.5. The van der Waals surface area contributed by atoms with Crippen molar-refractivity contribution in [2.45, 2.75) is 11.8 Å². The van der Waals surface area contributed by atoms with Crippen molar-refractivity contribution in [3.8, 4) is 0 Å². The lowest BCUT2D eigenvalue weighted by atomic mass is 10.2. The molecule has 3 aromatic rings. The van der Waals surface area contributed by atoms with Crippen LogP contribution < -0.4 is 10.0 Å². The highest BCUT2D eigenvalue weighted by Gasteiger charge is 2.21. The van der Waals surface area contributed by atoms with Crippen LogP contribution in [0.25, 0.3) is 0 Å². The fourth-order valence-corrected chi connectivity index (χ4v) is 4.30. The van der Waals surface area contributed by atoms with Gasteiger partial charge in [-0.15, -0.1) is 0 Å². The minimum absolute atomic E-state index is 0.0356. The molecule has 0 radical (unpaired) electrons. The van der Waals surface area contributed by atoms with Gasteiger partial charge in [0.05, 0.1) is 10.0 Å². The Morgan fingerprint density at radius 3 is 2.38 bits per heavy atom. The smallest absolute Gasteiger partial charge is 0.263 e. The Hall–Kier alpha value is -2.61. The SMILES string of the molecule is Cc1cccc(NS(=O)(=O)c2cc(C(=O)Nc3ccc(F)c(Cl)c3)ccc2Cl)c1. The number of amides is 1. The standard InChI is InChI=1S/C20H15Cl2FN2O3S/c1-12-3-2-4-15(9-12)25-29(27,28)19-10-13(5-7-16(19)21)20(26)24-14-6-8-18(23)17(22)11-14/h2-11,25H,1H3,(H,24,26). The van der Waals surface area contributed by atoms with Crippen LogP contribution in [0, 0.1) is 12.7 Å². The Kier molecular flexibility index (Phi) is 6.12. The van der Waals surface area contributed by atoms with Gasteiger partial charge in [-0.2, -0.15) is 0 Å². The van der Waals surface area contributed by atoms with Crippen molar-refractivity contribution < 1.29 is 17.6 Å². The monoisotopic (exact) mass is 452 g/mol. The van der Waals surface area contributed by atoms with E-state index in [9.17, 15) is 17.6 Å². The molecule has 0 bridgehead atoms. The summed E-state index contributed by atoms with van der Waals surface area (Å²) in [7, 11) is -4.03. The molecule has 1 amide bonds. The zero-order valence-corrected chi connectivity index (χ0v) is 17.4. The van der Waals surface area contributed by atoms with Crippen LogP contribution in [0.4, 0.5) is 15.8 Å². The topological polar surface area (TPSA) is 75.3 Å². The van der Waals surface area contributed by atoms with Gasteiger partial charge in [0.1, 0.15) is 10.7 Å². The number of rotatable bonds is 5. The van der Waals surface area contributed by atoms with Gasteiger partial charge in [0.2, 0.25) is 0 Å². The summed E-state index contributed by atoms with van der Waals surface area (Å²) in [5.74, 6) is -1.22. The number of carbonyl (C=O) groups is 1. The molecular formula is C20H15Cl2FN2O3S. The average Bonchev–Trinajstić information content (AvgIpc) is 2.64. The summed E-state index contributed by atoms with van der Waals surface area (Å²) >= 11 is 11.8. The number of anilines is 2. The van der Waals surface area contributed by atoms with Gasteiger partial charge in [0.15, 0.2) is 0 Å². The van der Waals surface area contributed by atoms with E-state index in [0.29, 0.717) is 5.69 Å². The highest BCUT2D eigenvalue weighted by Crippen LogP contribution is 2.26. The van der Waals surface area contributed by atoms with Crippen LogP contribution in [0.5, 0.6) is 0 Å². The number of sulfonamides is 1. The Balaban J connectivity index is 1.88. The first-order valence-electron chi connectivity index (χ1n) is 8.31. The van der Waals surface area contributed by atoms with Crippen LogP contribution in [-0.4, -0.2) is 14.3 Å². The second-order valence-electron chi connectivity index (χ2n) is 6.20. The van der Waals surface area contributed by atoms with Gasteiger partial charge in [-0.1, -0.05) is 35.3 Å². The van der Waals surface area contributed by atoms with Gasteiger partial charge in [0, 0.05) is 16.9 Å². The molecule has 3 rings (SSSR count). The summed E-state index contributed by atoms with van der Waals surface area (Å²) < 4.78 is 41.2. The lowest BCUT2D eigenvalue weighted by Gasteiger charge is -2.12. The number of nitrogens with one attached hydrogen (secondary N) is 2. The fraction of sp³-hybridized carbons (Fsp3) is 0.0500. The van der Waals surface area contributed by atoms with Gasteiger partial charge in [-0.25, -0.2) is 12.8 Å². The van der Waals surface area contributed by atoms with E-state index in [1.165, 1.54) is 30.3 Å². The Morgan fingerprint density at radius 2 is 1.69 bits per heavy atom. The van der Waals surface area contributed by atoms with Crippen LogP contribution >= 0.6 is 23.2 Å². The van der Waals surface area contributed by atoms with Crippen LogP contribution in [0.2, 0.25) is 10.0 Å². The molecule has 0 saturated carbocycles. The largest absolute Gasteiger partial charge is 0.322 e. The van der Waals surface area contributed by atoms with E-state index in [1.54, 1.807) is 18.2 Å². The molecule has 9 heteroatoms. The first-order valence-corrected chi connectivity index (χ1v) is 10.5. The number of benzene rings is 3. The predicted octanol–water partition coefficient (Wildman–Crippen LogP) is 5.49. The molecule has 0 aliphatic carbocycles. The molecule has 0 spiro atoms. The first kappa shape index (κ1) is 21.1. The number of aryl methyl sites for hydroxylation is 1. The average molecular weight is 453 g/mol. The van der Waals surface area contributed by atoms with Crippen molar-refractivity contribution in [1.29, 1.82) is 0 Å². The van der Waals surface area contributed by atoms with Crippen LogP contribution in [-0.2, 0) is 10.0 Å². The van der Waals surface area contributed by atoms with E-state index in [0.717, 1.165) is 11.6 Å². The van der Waals surface area contributed by atoms with Crippen LogP contribution in [0.3, 0.4) is 0 Å². The number of hydrogen-bond donors (Lipinski definition) is 2. The van der Waals surface area contributed by atoms with Gasteiger partial charge in [0.25, 0.3) is 15.9 Å². The van der Waals surface area contributed by atoms with Crippen molar-refractivity contribution in [2.75, 3.05) is 10.0 Å². The molecule has 3 aromatic carbocycles. The van der Waals surface area contributed by atoms with Gasteiger partial charge >= 0.3 is 0 Å². The molecule has 0 aliphatic heterocycles. The van der Waals surface area contributed by atoms with Crippen LogP contribution in [0.1, 0.15) is 15.9 Å². The Labute approximate surface area is 177 Å². The summed E-state index contributed by atoms with van der Waals surface area (Å²) in [4.78, 5) is 12.3. The summed E-state index contributed by atoms with van der Waals surface area (Å²) in [6, 6.07) is 14.4. The summed E-state index contributed by atoms with van der Waals surface area (Å²) in [5.41, 5.74) is 1.57. The molecule has 0 aromatic heterocycles. The van der Waals surface area contributed by atoms with Gasteiger partial charge in [-0.05, 0) is 61.0 Å². The summed E-state index contributed by atoms with van der Waals surface area (Å²) in [6.45, 7) is 1.83. The quantitative estimate of drug-likeness (QED) is 0.536. The lowest BCUT2D eigenvalue weighted by molar-refractivity contribution is 0.102. The molecule has 2 N–H and O–H groups in total.